The molecule has 1 aromatic rings. The van der Waals surface area contributed by atoms with Crippen LogP contribution in [0.5, 0.6) is 0 Å². The number of carbonyl (C=O) groups is 2. The van der Waals surface area contributed by atoms with Crippen molar-refractivity contribution in [2.24, 2.45) is 0 Å². The minimum atomic E-state index is -0.731. The Balaban J connectivity index is 2.88. The summed E-state index contributed by atoms with van der Waals surface area (Å²) in [6.07, 6.45) is -0.213. The van der Waals surface area contributed by atoms with Crippen LogP contribution in [-0.4, -0.2) is 43.3 Å². The molecule has 116 valence electrons. The van der Waals surface area contributed by atoms with Gasteiger partial charge in [0.25, 0.3) is 0 Å². The van der Waals surface area contributed by atoms with Gasteiger partial charge >= 0.3 is 12.1 Å². The fraction of sp³-hybridized carbons (Fsp3) is 0.467. The fourth-order valence-corrected chi connectivity index (χ4v) is 1.94. The highest BCUT2D eigenvalue weighted by atomic mass is 35.5. The molecule has 0 saturated heterocycles. The molecule has 1 amide bonds. The van der Waals surface area contributed by atoms with E-state index in [1.165, 1.54) is 11.9 Å². The van der Waals surface area contributed by atoms with Crippen molar-refractivity contribution in [1.29, 1.82) is 0 Å². The van der Waals surface area contributed by atoms with Gasteiger partial charge in [0.15, 0.2) is 0 Å². The maximum Gasteiger partial charge on any atom is 0.410 e. The van der Waals surface area contributed by atoms with Crippen LogP contribution in [0.3, 0.4) is 0 Å². The Morgan fingerprint density at radius 2 is 1.71 bits per heavy atom. The first kappa shape index (κ1) is 17.3. The van der Waals surface area contributed by atoms with Crippen LogP contribution >= 0.6 is 11.6 Å². The maximum absolute atomic E-state index is 12.1. The zero-order valence-corrected chi connectivity index (χ0v) is 13.2. The number of likely N-dealkylation sites (N-methyl/N-ethyl adjacent to an activating group) is 1. The van der Waals surface area contributed by atoms with Crippen molar-refractivity contribution in [3.63, 3.8) is 0 Å². The van der Waals surface area contributed by atoms with Gasteiger partial charge in [-0.15, -0.1) is 0 Å². The van der Waals surface area contributed by atoms with Crippen LogP contribution < -0.4 is 0 Å². The normalized spacial score (nSPS) is 11.6. The number of hydrogen-bond acceptors (Lipinski definition) is 4. The largest absolute Gasteiger partial charge is 0.464 e. The number of ether oxygens (including phenoxy) is 2. The molecular formula is C15H20ClNO4. The second-order valence-corrected chi connectivity index (χ2v) is 4.84. The van der Waals surface area contributed by atoms with Crippen molar-refractivity contribution < 1.29 is 19.1 Å². The van der Waals surface area contributed by atoms with E-state index in [4.69, 9.17) is 21.1 Å². The molecule has 0 aromatic heterocycles. The van der Waals surface area contributed by atoms with E-state index >= 15 is 0 Å². The van der Waals surface area contributed by atoms with Crippen molar-refractivity contribution in [1.82, 2.24) is 4.90 Å². The van der Waals surface area contributed by atoms with Crippen molar-refractivity contribution in [2.45, 2.75) is 26.3 Å². The van der Waals surface area contributed by atoms with E-state index in [9.17, 15) is 9.59 Å². The molecule has 1 rings (SSSR count). The average Bonchev–Trinajstić information content (AvgIpc) is 2.46. The lowest BCUT2D eigenvalue weighted by Gasteiger charge is -2.25. The minimum Gasteiger partial charge on any atom is -0.464 e. The summed E-state index contributed by atoms with van der Waals surface area (Å²) in [6, 6.07) is 6.37. The quantitative estimate of drug-likeness (QED) is 0.758. The zero-order valence-electron chi connectivity index (χ0n) is 12.5. The van der Waals surface area contributed by atoms with Gasteiger partial charge in [-0.3, -0.25) is 4.90 Å². The third-order valence-corrected chi connectivity index (χ3v) is 3.18. The smallest absolute Gasteiger partial charge is 0.410 e. The topological polar surface area (TPSA) is 55.8 Å². The Morgan fingerprint density at radius 3 is 2.24 bits per heavy atom. The van der Waals surface area contributed by atoms with Crippen molar-refractivity contribution in [2.75, 3.05) is 20.3 Å². The van der Waals surface area contributed by atoms with Gasteiger partial charge in [0.05, 0.1) is 13.2 Å². The van der Waals surface area contributed by atoms with Gasteiger partial charge in [-0.2, -0.15) is 0 Å². The number of carbonyl (C=O) groups excluding carboxylic acids is 2. The summed E-state index contributed by atoms with van der Waals surface area (Å²) in [5.41, 5.74) is 0.883. The van der Waals surface area contributed by atoms with Crippen LogP contribution in [0.1, 0.15) is 19.4 Å². The van der Waals surface area contributed by atoms with Gasteiger partial charge < -0.3 is 9.47 Å². The lowest BCUT2D eigenvalue weighted by Crippen LogP contribution is -2.45. The molecule has 6 heteroatoms. The summed E-state index contributed by atoms with van der Waals surface area (Å²) in [5, 5.41) is 0.616. The molecule has 0 heterocycles. The van der Waals surface area contributed by atoms with Crippen molar-refractivity contribution >= 4 is 23.7 Å². The lowest BCUT2D eigenvalue weighted by molar-refractivity contribution is -0.148. The summed E-state index contributed by atoms with van der Waals surface area (Å²) < 4.78 is 9.96. The number of hydrogen-bond donors (Lipinski definition) is 0. The third kappa shape index (κ3) is 5.27. The first-order valence-electron chi connectivity index (χ1n) is 6.80. The second kappa shape index (κ2) is 8.52. The number of amides is 1. The minimum absolute atomic E-state index is 0.250. The molecule has 1 unspecified atom stereocenters. The fourth-order valence-electron chi connectivity index (χ4n) is 1.81. The van der Waals surface area contributed by atoms with E-state index in [0.717, 1.165) is 5.56 Å². The number of rotatable bonds is 6. The molecule has 0 saturated carbocycles. The summed E-state index contributed by atoms with van der Waals surface area (Å²) >= 11 is 5.84. The number of benzene rings is 1. The predicted molar refractivity (Wildman–Crippen MR) is 80.4 cm³/mol. The van der Waals surface area contributed by atoms with E-state index < -0.39 is 18.1 Å². The summed E-state index contributed by atoms with van der Waals surface area (Å²) in [5.74, 6) is -0.456. The van der Waals surface area contributed by atoms with E-state index in [1.54, 1.807) is 26.0 Å². The highest BCUT2D eigenvalue weighted by molar-refractivity contribution is 6.30. The average molecular weight is 314 g/mol. The van der Waals surface area contributed by atoms with Gasteiger partial charge in [0.2, 0.25) is 0 Å². The van der Waals surface area contributed by atoms with Gasteiger partial charge in [0.1, 0.15) is 6.04 Å². The predicted octanol–water partition coefficient (Wildman–Crippen LogP) is 2.90. The first-order chi connectivity index (χ1) is 9.99. The standard InChI is InChI=1S/C15H20ClNO4/c1-4-20-14(18)13(17(3)15(19)21-5-2)10-11-6-8-12(16)9-7-11/h6-9,13H,4-5,10H2,1-3H3. The Labute approximate surface area is 129 Å². The van der Waals surface area contributed by atoms with Crippen LogP contribution in [0.15, 0.2) is 24.3 Å². The van der Waals surface area contributed by atoms with Crippen LogP contribution in [0.25, 0.3) is 0 Å². The molecule has 0 aliphatic carbocycles. The van der Waals surface area contributed by atoms with Gasteiger partial charge in [-0.25, -0.2) is 9.59 Å². The van der Waals surface area contributed by atoms with Gasteiger partial charge in [-0.05, 0) is 31.5 Å². The molecule has 21 heavy (non-hydrogen) atoms. The number of nitrogens with zero attached hydrogens (tertiary/aromatic N) is 1. The number of esters is 1. The Bertz CT molecular complexity index is 475. The van der Waals surface area contributed by atoms with Gasteiger partial charge in [-0.1, -0.05) is 23.7 Å². The highest BCUT2D eigenvalue weighted by Crippen LogP contribution is 2.14. The summed E-state index contributed by atoms with van der Waals surface area (Å²) in [7, 11) is 1.52. The molecule has 0 bridgehead atoms. The molecule has 0 spiro atoms. The molecule has 0 aliphatic rings. The van der Waals surface area contributed by atoms with E-state index in [2.05, 4.69) is 0 Å². The van der Waals surface area contributed by atoms with Crippen LogP contribution in [0, 0.1) is 0 Å². The molecule has 0 N–H and O–H groups in total. The monoisotopic (exact) mass is 313 g/mol. The highest BCUT2D eigenvalue weighted by Gasteiger charge is 2.29. The van der Waals surface area contributed by atoms with Crippen LogP contribution in [-0.2, 0) is 20.7 Å². The first-order valence-corrected chi connectivity index (χ1v) is 7.18. The third-order valence-electron chi connectivity index (χ3n) is 2.92. The molecule has 0 aliphatic heterocycles. The second-order valence-electron chi connectivity index (χ2n) is 4.41. The Kier molecular flexibility index (Phi) is 7.02. The Morgan fingerprint density at radius 1 is 1.14 bits per heavy atom. The van der Waals surface area contributed by atoms with Crippen molar-refractivity contribution in [3.8, 4) is 0 Å². The summed E-state index contributed by atoms with van der Waals surface area (Å²) in [6.45, 7) is 3.94. The SMILES string of the molecule is CCOC(=O)C(Cc1ccc(Cl)cc1)N(C)C(=O)OCC. The molecule has 1 aromatic carbocycles. The Hall–Kier alpha value is -1.75. The van der Waals surface area contributed by atoms with Crippen molar-refractivity contribution in [3.05, 3.63) is 34.9 Å². The maximum atomic E-state index is 12.1. The molecule has 1 atom stereocenters. The molecule has 5 nitrogen and oxygen atoms in total. The van der Waals surface area contributed by atoms with Crippen LogP contribution in [0.2, 0.25) is 5.02 Å². The molecule has 0 radical (unpaired) electrons. The van der Waals surface area contributed by atoms with E-state index in [1.807, 2.05) is 12.1 Å². The zero-order chi connectivity index (χ0) is 15.8. The van der Waals surface area contributed by atoms with Gasteiger partial charge in [0, 0.05) is 18.5 Å². The van der Waals surface area contributed by atoms with Crippen LogP contribution in [0.4, 0.5) is 4.79 Å². The molecular weight excluding hydrogens is 294 g/mol. The lowest BCUT2D eigenvalue weighted by atomic mass is 10.1. The van der Waals surface area contributed by atoms with E-state index in [0.29, 0.717) is 11.4 Å². The molecule has 0 fully saturated rings. The van der Waals surface area contributed by atoms with E-state index in [-0.39, 0.29) is 13.2 Å². The number of halogens is 1. The summed E-state index contributed by atoms with van der Waals surface area (Å²) in [4.78, 5) is 25.1.